The second kappa shape index (κ2) is 13.3. The molecule has 0 spiro atoms. The SMILES string of the molecule is CCOC(=O)C(C)(C)Oc1c(C)cc(C[C@H]2CN(Cc3ccccc3)CC2[C@@H](C)c2ccc(SC)cc2)cc1C. The fourth-order valence-electron chi connectivity index (χ4n) is 6.12. The Bertz CT molecular complexity index is 1250. The zero-order valence-corrected chi connectivity index (χ0v) is 26.0. The van der Waals surface area contributed by atoms with Crippen LogP contribution in [0.3, 0.4) is 0 Å². The molecule has 0 bridgehead atoms. The van der Waals surface area contributed by atoms with Gasteiger partial charge in [0.25, 0.3) is 0 Å². The standard InChI is InChI=1S/C35H45NO3S/c1-8-38-34(37)35(5,6)39-33-24(2)18-28(19-25(33)3)20-30-22-36(21-27-12-10-9-11-13-27)23-32(30)26(4)29-14-16-31(40-7)17-15-29/h9-19,26,30,32H,8,20-23H2,1-7H3/t26-,30-,32?/m0/s1. The van der Waals surface area contributed by atoms with Gasteiger partial charge in [-0.2, -0.15) is 0 Å². The second-order valence-corrected chi connectivity index (χ2v) is 12.6. The average molecular weight is 560 g/mol. The first kappa shape index (κ1) is 30.2. The molecule has 1 aliphatic rings. The Kier molecular flexibility index (Phi) is 10.0. The summed E-state index contributed by atoms with van der Waals surface area (Å²) in [5.41, 5.74) is 5.20. The van der Waals surface area contributed by atoms with E-state index in [2.05, 4.69) is 98.7 Å². The van der Waals surface area contributed by atoms with E-state index in [1.165, 1.54) is 21.6 Å². The maximum absolute atomic E-state index is 12.5. The molecule has 0 aromatic heterocycles. The van der Waals surface area contributed by atoms with Crippen molar-refractivity contribution in [1.29, 1.82) is 0 Å². The molecule has 0 aliphatic carbocycles. The van der Waals surface area contributed by atoms with Gasteiger partial charge in [-0.05, 0) is 105 Å². The fraction of sp³-hybridized carbons (Fsp3) is 0.457. The molecule has 0 amide bonds. The summed E-state index contributed by atoms with van der Waals surface area (Å²) in [6.07, 6.45) is 3.15. The number of carbonyl (C=O) groups is 1. The largest absolute Gasteiger partial charge is 0.476 e. The van der Waals surface area contributed by atoms with Gasteiger partial charge in [0, 0.05) is 24.5 Å². The Morgan fingerprint density at radius 1 is 1.00 bits per heavy atom. The van der Waals surface area contributed by atoms with Gasteiger partial charge in [0.05, 0.1) is 6.61 Å². The topological polar surface area (TPSA) is 38.8 Å². The highest BCUT2D eigenvalue weighted by Crippen LogP contribution is 2.39. The molecule has 5 heteroatoms. The molecule has 40 heavy (non-hydrogen) atoms. The molecular weight excluding hydrogens is 514 g/mol. The number of ether oxygens (including phenoxy) is 2. The van der Waals surface area contributed by atoms with Crippen molar-refractivity contribution < 1.29 is 14.3 Å². The molecule has 0 N–H and O–H groups in total. The normalized spacial score (nSPS) is 18.5. The quantitative estimate of drug-likeness (QED) is 0.177. The summed E-state index contributed by atoms with van der Waals surface area (Å²) >= 11 is 1.79. The third-order valence-corrected chi connectivity index (χ3v) is 8.99. The minimum absolute atomic E-state index is 0.340. The first-order valence-electron chi connectivity index (χ1n) is 14.5. The predicted octanol–water partition coefficient (Wildman–Crippen LogP) is 7.84. The van der Waals surface area contributed by atoms with E-state index in [4.69, 9.17) is 9.47 Å². The second-order valence-electron chi connectivity index (χ2n) is 11.8. The van der Waals surface area contributed by atoms with E-state index in [1.807, 2.05) is 6.92 Å². The number of hydrogen-bond donors (Lipinski definition) is 0. The Labute approximate surface area is 245 Å². The van der Waals surface area contributed by atoms with Gasteiger partial charge in [0.15, 0.2) is 5.60 Å². The van der Waals surface area contributed by atoms with Crippen LogP contribution in [0.2, 0.25) is 0 Å². The van der Waals surface area contributed by atoms with Crippen LogP contribution >= 0.6 is 11.8 Å². The van der Waals surface area contributed by atoms with E-state index in [1.54, 1.807) is 25.6 Å². The molecule has 214 valence electrons. The molecular formula is C35H45NO3S. The van der Waals surface area contributed by atoms with Gasteiger partial charge in [-0.15, -0.1) is 11.8 Å². The smallest absolute Gasteiger partial charge is 0.349 e. The number of aryl methyl sites for hydroxylation is 2. The highest BCUT2D eigenvalue weighted by atomic mass is 32.2. The molecule has 1 aliphatic heterocycles. The molecule has 3 aromatic rings. The lowest BCUT2D eigenvalue weighted by Gasteiger charge is -2.28. The number of thioether (sulfide) groups is 1. The Morgan fingerprint density at radius 2 is 1.65 bits per heavy atom. The van der Waals surface area contributed by atoms with Crippen molar-refractivity contribution >= 4 is 17.7 Å². The lowest BCUT2D eigenvalue weighted by Crippen LogP contribution is -2.40. The van der Waals surface area contributed by atoms with Crippen LogP contribution in [0.4, 0.5) is 0 Å². The van der Waals surface area contributed by atoms with Crippen molar-refractivity contribution in [2.75, 3.05) is 26.0 Å². The Balaban J connectivity index is 1.56. The Morgan fingerprint density at radius 3 is 2.25 bits per heavy atom. The molecule has 0 radical (unpaired) electrons. The summed E-state index contributed by atoms with van der Waals surface area (Å²) in [7, 11) is 0. The summed E-state index contributed by atoms with van der Waals surface area (Å²) in [4.78, 5) is 16.4. The maximum Gasteiger partial charge on any atom is 0.349 e. The summed E-state index contributed by atoms with van der Waals surface area (Å²) in [6, 6.07) is 24.5. The molecule has 0 saturated carbocycles. The van der Waals surface area contributed by atoms with Crippen LogP contribution in [0, 0.1) is 25.7 Å². The van der Waals surface area contributed by atoms with E-state index in [-0.39, 0.29) is 5.97 Å². The van der Waals surface area contributed by atoms with Gasteiger partial charge in [-0.1, -0.05) is 61.5 Å². The number of likely N-dealkylation sites (tertiary alicyclic amines) is 1. The zero-order valence-electron chi connectivity index (χ0n) is 25.2. The average Bonchev–Trinajstić information content (AvgIpc) is 3.32. The highest BCUT2D eigenvalue weighted by Gasteiger charge is 2.37. The first-order valence-corrected chi connectivity index (χ1v) is 15.7. The van der Waals surface area contributed by atoms with E-state index in [0.29, 0.717) is 24.4 Å². The van der Waals surface area contributed by atoms with Crippen molar-refractivity contribution in [1.82, 2.24) is 4.90 Å². The number of carbonyl (C=O) groups excluding carboxylic acids is 1. The minimum atomic E-state index is -1.04. The Hall–Kier alpha value is -2.76. The van der Waals surface area contributed by atoms with Gasteiger partial charge < -0.3 is 9.47 Å². The predicted molar refractivity (Wildman–Crippen MR) is 166 cm³/mol. The van der Waals surface area contributed by atoms with Crippen molar-refractivity contribution in [3.63, 3.8) is 0 Å². The van der Waals surface area contributed by atoms with Gasteiger partial charge in [-0.3, -0.25) is 4.90 Å². The van der Waals surface area contributed by atoms with Crippen LogP contribution in [-0.2, 0) is 22.5 Å². The summed E-state index contributed by atoms with van der Waals surface area (Å²) in [5, 5.41) is 0. The van der Waals surface area contributed by atoms with Crippen LogP contribution in [0.25, 0.3) is 0 Å². The number of nitrogens with zero attached hydrogens (tertiary/aromatic N) is 1. The number of hydrogen-bond acceptors (Lipinski definition) is 5. The lowest BCUT2D eigenvalue weighted by molar-refractivity contribution is -0.158. The molecule has 4 rings (SSSR count). The summed E-state index contributed by atoms with van der Waals surface area (Å²) in [6.45, 7) is 15.4. The maximum atomic E-state index is 12.5. The van der Waals surface area contributed by atoms with E-state index in [0.717, 1.165) is 42.9 Å². The first-order chi connectivity index (χ1) is 19.1. The number of esters is 1. The third kappa shape index (κ3) is 7.30. The molecule has 1 saturated heterocycles. The van der Waals surface area contributed by atoms with Crippen LogP contribution in [-0.4, -0.2) is 42.4 Å². The molecule has 1 fully saturated rings. The van der Waals surface area contributed by atoms with Gasteiger partial charge >= 0.3 is 5.97 Å². The lowest BCUT2D eigenvalue weighted by atomic mass is 9.78. The highest BCUT2D eigenvalue weighted by molar-refractivity contribution is 7.98. The van der Waals surface area contributed by atoms with Crippen molar-refractivity contribution in [3.05, 3.63) is 94.5 Å². The molecule has 1 heterocycles. The van der Waals surface area contributed by atoms with E-state index < -0.39 is 5.60 Å². The minimum Gasteiger partial charge on any atom is -0.476 e. The van der Waals surface area contributed by atoms with Crippen molar-refractivity contribution in [2.24, 2.45) is 11.8 Å². The molecule has 1 unspecified atom stereocenters. The number of benzene rings is 3. The van der Waals surface area contributed by atoms with E-state index in [9.17, 15) is 4.79 Å². The van der Waals surface area contributed by atoms with Crippen molar-refractivity contribution in [3.8, 4) is 5.75 Å². The monoisotopic (exact) mass is 559 g/mol. The van der Waals surface area contributed by atoms with Gasteiger partial charge in [0.2, 0.25) is 0 Å². The number of rotatable bonds is 11. The van der Waals surface area contributed by atoms with Crippen LogP contribution in [0.15, 0.2) is 71.6 Å². The molecule has 4 nitrogen and oxygen atoms in total. The zero-order chi connectivity index (χ0) is 28.9. The third-order valence-electron chi connectivity index (χ3n) is 8.24. The fourth-order valence-corrected chi connectivity index (χ4v) is 6.53. The summed E-state index contributed by atoms with van der Waals surface area (Å²) in [5.74, 6) is 2.00. The van der Waals surface area contributed by atoms with E-state index >= 15 is 0 Å². The van der Waals surface area contributed by atoms with Crippen molar-refractivity contribution in [2.45, 2.75) is 70.9 Å². The summed E-state index contributed by atoms with van der Waals surface area (Å²) < 4.78 is 11.5. The van der Waals surface area contributed by atoms with Gasteiger partial charge in [0.1, 0.15) is 5.75 Å². The van der Waals surface area contributed by atoms with Crippen LogP contribution in [0.5, 0.6) is 5.75 Å². The van der Waals surface area contributed by atoms with Crippen LogP contribution < -0.4 is 4.74 Å². The molecule has 3 aromatic carbocycles. The molecule has 3 atom stereocenters. The van der Waals surface area contributed by atoms with Crippen LogP contribution in [0.1, 0.15) is 61.4 Å². The van der Waals surface area contributed by atoms with Gasteiger partial charge in [-0.25, -0.2) is 4.79 Å².